The van der Waals surface area contributed by atoms with Crippen molar-refractivity contribution in [2.24, 2.45) is 0 Å². The first kappa shape index (κ1) is 18.6. The Labute approximate surface area is 177 Å². The van der Waals surface area contributed by atoms with Crippen molar-refractivity contribution in [1.82, 2.24) is 19.2 Å². The predicted octanol–water partition coefficient (Wildman–Crippen LogP) is 4.92. The zero-order chi connectivity index (χ0) is 20.8. The summed E-state index contributed by atoms with van der Waals surface area (Å²) in [5, 5.41) is 4.94. The molecule has 4 aromatic rings. The van der Waals surface area contributed by atoms with Gasteiger partial charge in [0.25, 0.3) is 5.91 Å². The fraction of sp³-hybridized carbons (Fsp3) is 0.130. The zero-order valence-corrected chi connectivity index (χ0v) is 17.0. The monoisotopic (exact) mass is 420 g/mol. The largest absolute Gasteiger partial charge is 0.328 e. The molecule has 0 saturated heterocycles. The van der Waals surface area contributed by atoms with Crippen LogP contribution >= 0.6 is 11.6 Å². The summed E-state index contributed by atoms with van der Waals surface area (Å²) in [7, 11) is 0. The van der Waals surface area contributed by atoms with Gasteiger partial charge >= 0.3 is 0 Å². The highest BCUT2D eigenvalue weighted by atomic mass is 35.5. The molecule has 1 amide bonds. The number of amides is 1. The van der Waals surface area contributed by atoms with Gasteiger partial charge in [-0.25, -0.2) is 9.07 Å². The van der Waals surface area contributed by atoms with E-state index in [1.54, 1.807) is 4.90 Å². The van der Waals surface area contributed by atoms with Gasteiger partial charge in [-0.2, -0.15) is 5.10 Å². The number of halogens is 2. The molecular formula is C23H18ClFN4O. The maximum atomic E-state index is 14.3. The molecule has 0 saturated carbocycles. The molecule has 0 fully saturated rings. The molecule has 0 spiro atoms. The van der Waals surface area contributed by atoms with E-state index in [0.29, 0.717) is 13.1 Å². The van der Waals surface area contributed by atoms with Crippen LogP contribution in [0, 0.1) is 12.7 Å². The normalized spacial score (nSPS) is 13.0. The average Bonchev–Trinajstić information content (AvgIpc) is 3.44. The van der Waals surface area contributed by atoms with Gasteiger partial charge in [-0.3, -0.25) is 4.79 Å². The molecular weight excluding hydrogens is 403 g/mol. The van der Waals surface area contributed by atoms with Gasteiger partial charge < -0.3 is 9.47 Å². The van der Waals surface area contributed by atoms with Crippen LogP contribution in [0.3, 0.4) is 0 Å². The maximum Gasteiger partial charge on any atom is 0.259 e. The lowest BCUT2D eigenvalue weighted by Crippen LogP contribution is -2.27. The third-order valence-corrected chi connectivity index (χ3v) is 5.70. The standard InChI is InChI=1S/C23H18ClFN4O/c1-15-7-2-3-10-20(15)29-22(27-11-4-5-12-27)16-13-28(14-19(16)26-29)23(30)21-17(24)8-6-9-18(21)25/h2-12H,13-14H2,1H3. The second-order valence-electron chi connectivity index (χ2n) is 7.30. The molecule has 150 valence electrons. The van der Waals surface area contributed by atoms with Gasteiger partial charge in [0.05, 0.1) is 35.1 Å². The van der Waals surface area contributed by atoms with Gasteiger partial charge in [-0.15, -0.1) is 0 Å². The molecule has 7 heteroatoms. The molecule has 0 aliphatic carbocycles. The van der Waals surface area contributed by atoms with Crippen LogP contribution in [0.25, 0.3) is 11.5 Å². The van der Waals surface area contributed by atoms with Crippen molar-refractivity contribution in [2.45, 2.75) is 20.0 Å². The van der Waals surface area contributed by atoms with Gasteiger partial charge in [0, 0.05) is 18.0 Å². The number of para-hydroxylation sites is 1. The molecule has 5 rings (SSSR count). The van der Waals surface area contributed by atoms with Crippen LogP contribution < -0.4 is 0 Å². The summed E-state index contributed by atoms with van der Waals surface area (Å²) in [4.78, 5) is 14.6. The van der Waals surface area contributed by atoms with Crippen LogP contribution in [-0.4, -0.2) is 25.2 Å². The van der Waals surface area contributed by atoms with E-state index < -0.39 is 11.7 Å². The fourth-order valence-corrected chi connectivity index (χ4v) is 4.16. The Morgan fingerprint density at radius 2 is 1.80 bits per heavy atom. The second kappa shape index (κ2) is 7.15. The van der Waals surface area contributed by atoms with Gasteiger partial charge in [0.1, 0.15) is 11.6 Å². The van der Waals surface area contributed by atoms with Gasteiger partial charge in [0.2, 0.25) is 0 Å². The van der Waals surface area contributed by atoms with E-state index in [4.69, 9.17) is 16.7 Å². The van der Waals surface area contributed by atoms with E-state index in [1.807, 2.05) is 65.0 Å². The summed E-state index contributed by atoms with van der Waals surface area (Å²) in [6.07, 6.45) is 3.90. The molecule has 0 N–H and O–H groups in total. The molecule has 0 unspecified atom stereocenters. The topological polar surface area (TPSA) is 43.1 Å². The number of aromatic nitrogens is 3. The number of hydrogen-bond donors (Lipinski definition) is 0. The molecule has 1 aliphatic rings. The lowest BCUT2D eigenvalue weighted by atomic mass is 10.2. The van der Waals surface area contributed by atoms with Crippen molar-refractivity contribution in [3.05, 3.63) is 100 Å². The Morgan fingerprint density at radius 3 is 2.53 bits per heavy atom. The molecule has 0 radical (unpaired) electrons. The van der Waals surface area contributed by atoms with E-state index >= 15 is 0 Å². The minimum Gasteiger partial charge on any atom is -0.328 e. The Balaban J connectivity index is 1.58. The first-order valence-corrected chi connectivity index (χ1v) is 9.96. The van der Waals surface area contributed by atoms with Gasteiger partial charge in [0.15, 0.2) is 0 Å². The second-order valence-corrected chi connectivity index (χ2v) is 7.70. The molecule has 2 aromatic carbocycles. The summed E-state index contributed by atoms with van der Waals surface area (Å²) < 4.78 is 18.2. The lowest BCUT2D eigenvalue weighted by molar-refractivity contribution is 0.0744. The Kier molecular flexibility index (Phi) is 4.44. The molecule has 3 heterocycles. The number of benzene rings is 2. The van der Waals surface area contributed by atoms with Crippen molar-refractivity contribution in [3.8, 4) is 11.5 Å². The number of fused-ring (bicyclic) bond motifs is 1. The van der Waals surface area contributed by atoms with Crippen molar-refractivity contribution in [1.29, 1.82) is 0 Å². The summed E-state index contributed by atoms with van der Waals surface area (Å²) >= 11 is 6.11. The molecule has 0 atom stereocenters. The van der Waals surface area contributed by atoms with E-state index in [-0.39, 0.29) is 10.6 Å². The van der Waals surface area contributed by atoms with Crippen molar-refractivity contribution >= 4 is 17.5 Å². The van der Waals surface area contributed by atoms with E-state index in [9.17, 15) is 9.18 Å². The van der Waals surface area contributed by atoms with E-state index in [0.717, 1.165) is 28.3 Å². The first-order valence-electron chi connectivity index (χ1n) is 9.58. The quantitative estimate of drug-likeness (QED) is 0.472. The van der Waals surface area contributed by atoms with Crippen molar-refractivity contribution in [3.63, 3.8) is 0 Å². The summed E-state index contributed by atoms with van der Waals surface area (Å²) in [6, 6.07) is 16.2. The van der Waals surface area contributed by atoms with Gasteiger partial charge in [-0.1, -0.05) is 35.9 Å². The number of rotatable bonds is 3. The summed E-state index contributed by atoms with van der Waals surface area (Å²) in [6.45, 7) is 2.67. The highest BCUT2D eigenvalue weighted by Gasteiger charge is 2.33. The highest BCUT2D eigenvalue weighted by Crippen LogP contribution is 2.33. The van der Waals surface area contributed by atoms with Crippen LogP contribution in [0.5, 0.6) is 0 Å². The third-order valence-electron chi connectivity index (χ3n) is 5.39. The van der Waals surface area contributed by atoms with Crippen LogP contribution in [-0.2, 0) is 13.1 Å². The average molecular weight is 421 g/mol. The minimum absolute atomic E-state index is 0.0985. The van der Waals surface area contributed by atoms with Crippen LogP contribution in [0.15, 0.2) is 67.0 Å². The Hall–Kier alpha value is -3.38. The third kappa shape index (κ3) is 2.92. The maximum absolute atomic E-state index is 14.3. The summed E-state index contributed by atoms with van der Waals surface area (Å²) in [5.74, 6) is -0.177. The molecule has 1 aliphatic heterocycles. The number of carbonyl (C=O) groups is 1. The lowest BCUT2D eigenvalue weighted by Gasteiger charge is -2.19. The minimum atomic E-state index is -0.618. The smallest absolute Gasteiger partial charge is 0.259 e. The molecule has 30 heavy (non-hydrogen) atoms. The van der Waals surface area contributed by atoms with E-state index in [2.05, 4.69) is 0 Å². The highest BCUT2D eigenvalue weighted by molar-refractivity contribution is 6.33. The van der Waals surface area contributed by atoms with Crippen molar-refractivity contribution in [2.75, 3.05) is 0 Å². The van der Waals surface area contributed by atoms with Crippen LogP contribution in [0.4, 0.5) is 4.39 Å². The predicted molar refractivity (Wildman–Crippen MR) is 113 cm³/mol. The molecule has 0 bridgehead atoms. The molecule has 5 nitrogen and oxygen atoms in total. The Bertz CT molecular complexity index is 1240. The van der Waals surface area contributed by atoms with Gasteiger partial charge in [-0.05, 0) is 42.8 Å². The SMILES string of the molecule is Cc1ccccc1-n1nc2c(c1-n1cccc1)CN(C(=O)c1c(F)cccc1Cl)C2. The summed E-state index contributed by atoms with van der Waals surface area (Å²) in [5.41, 5.74) is 3.71. The van der Waals surface area contributed by atoms with E-state index in [1.165, 1.54) is 18.2 Å². The van der Waals surface area contributed by atoms with Crippen molar-refractivity contribution < 1.29 is 9.18 Å². The number of nitrogens with zero attached hydrogens (tertiary/aromatic N) is 4. The van der Waals surface area contributed by atoms with Crippen LogP contribution in [0.2, 0.25) is 5.02 Å². The molecule has 2 aromatic heterocycles. The number of hydrogen-bond acceptors (Lipinski definition) is 2. The fourth-order valence-electron chi connectivity index (χ4n) is 3.92. The first-order chi connectivity index (χ1) is 14.5. The zero-order valence-electron chi connectivity index (χ0n) is 16.2. The number of carbonyl (C=O) groups excluding carboxylic acids is 1. The van der Waals surface area contributed by atoms with Crippen LogP contribution in [0.1, 0.15) is 27.2 Å². The Morgan fingerprint density at radius 1 is 1.03 bits per heavy atom. The number of aryl methyl sites for hydroxylation is 1.